The molecule has 0 unspecified atom stereocenters. The Labute approximate surface area is 388 Å². The number of hydrogen-bond donors (Lipinski definition) is 1. The highest BCUT2D eigenvalue weighted by Crippen LogP contribution is 2.31. The number of rotatable bonds is 40. The maximum atomic E-state index is 13.2. The smallest absolute Gasteiger partial charge is 0.416 e. The molecule has 368 valence electrons. The van der Waals surface area contributed by atoms with Gasteiger partial charge in [0.1, 0.15) is 24.6 Å². The molecule has 2 aromatic rings. The molecule has 1 heterocycles. The Bertz CT molecular complexity index is 1530. The maximum absolute atomic E-state index is 13.2. The van der Waals surface area contributed by atoms with E-state index in [0.717, 1.165) is 50.7 Å². The van der Waals surface area contributed by atoms with Gasteiger partial charge in [-0.15, -0.1) is 0 Å². The lowest BCUT2D eigenvalue weighted by Crippen LogP contribution is -2.31. The average Bonchev–Trinajstić information content (AvgIpc) is 3.29. The number of anilines is 2. The zero-order valence-corrected chi connectivity index (χ0v) is 39.8. The standard InChI is InChI=1S/C52H81F3N2O8/c1-3-5-7-9-11-13-15-17-19-21-23-25-27-35-47(58)63-41-45(42-64-48(59)36-28-26-24-22-20-18-16-14-12-10-8-6-4-2)65-49(60)37-31-39-62-51(61)46-34-30-38-56-50(46)57-44-33-29-32-43(40-44)52(53,54)55/h29-30,32-34,38,40,45H,3-28,31,35-37,39,41-42H2,1-2H3,(H,56,57). The first kappa shape index (κ1) is 57.0. The summed E-state index contributed by atoms with van der Waals surface area (Å²) < 4.78 is 61.5. The molecule has 0 atom stereocenters. The molecule has 0 aliphatic heterocycles. The third kappa shape index (κ3) is 29.9. The molecule has 10 nitrogen and oxygen atoms in total. The lowest BCUT2D eigenvalue weighted by atomic mass is 10.0. The van der Waals surface area contributed by atoms with E-state index >= 15 is 0 Å². The number of esters is 4. The number of ether oxygens (including phenoxy) is 4. The SMILES string of the molecule is CCCCCCCCCCCCCCCC(=O)OCC(COC(=O)CCCCCCCCCCCCCCC)OC(=O)CCCOC(=O)c1cccnc1Nc1cccc(C(F)(F)F)c1. The Morgan fingerprint density at radius 2 is 1.00 bits per heavy atom. The van der Waals surface area contributed by atoms with Crippen LogP contribution in [0.5, 0.6) is 0 Å². The highest BCUT2D eigenvalue weighted by atomic mass is 19.4. The fourth-order valence-corrected chi connectivity index (χ4v) is 7.49. The Morgan fingerprint density at radius 1 is 0.554 bits per heavy atom. The van der Waals surface area contributed by atoms with Gasteiger partial charge in [0.2, 0.25) is 0 Å². The molecule has 0 aliphatic carbocycles. The Kier molecular flexibility index (Phi) is 32.4. The predicted octanol–water partition coefficient (Wildman–Crippen LogP) is 14.7. The van der Waals surface area contributed by atoms with Crippen molar-refractivity contribution in [2.45, 2.75) is 219 Å². The molecule has 0 saturated carbocycles. The lowest BCUT2D eigenvalue weighted by Gasteiger charge is -2.18. The second-order valence-electron chi connectivity index (χ2n) is 17.3. The fourth-order valence-electron chi connectivity index (χ4n) is 7.49. The van der Waals surface area contributed by atoms with Crippen molar-refractivity contribution in [1.82, 2.24) is 4.98 Å². The molecule has 2 rings (SSSR count). The lowest BCUT2D eigenvalue weighted by molar-refractivity contribution is -0.167. The van der Waals surface area contributed by atoms with Crippen LogP contribution in [0.3, 0.4) is 0 Å². The van der Waals surface area contributed by atoms with Crippen LogP contribution < -0.4 is 5.32 Å². The summed E-state index contributed by atoms with van der Waals surface area (Å²) in [5.41, 5.74) is -0.780. The number of alkyl halides is 3. The predicted molar refractivity (Wildman–Crippen MR) is 251 cm³/mol. The van der Waals surface area contributed by atoms with Gasteiger partial charge in [-0.25, -0.2) is 9.78 Å². The molecular weight excluding hydrogens is 838 g/mol. The summed E-state index contributed by atoms with van der Waals surface area (Å²) in [6, 6.07) is 7.42. The summed E-state index contributed by atoms with van der Waals surface area (Å²) in [5, 5.41) is 2.74. The summed E-state index contributed by atoms with van der Waals surface area (Å²) in [6.07, 6.45) is 27.3. The number of carbonyl (C=O) groups excluding carboxylic acids is 4. The van der Waals surface area contributed by atoms with Gasteiger partial charge in [-0.2, -0.15) is 13.2 Å². The third-order valence-corrected chi connectivity index (χ3v) is 11.4. The van der Waals surface area contributed by atoms with Crippen LogP contribution in [0.25, 0.3) is 0 Å². The maximum Gasteiger partial charge on any atom is 0.416 e. The van der Waals surface area contributed by atoms with Crippen LogP contribution in [0, 0.1) is 0 Å². The Balaban J connectivity index is 1.76. The quantitative estimate of drug-likeness (QED) is 0.0392. The first-order chi connectivity index (χ1) is 31.5. The summed E-state index contributed by atoms with van der Waals surface area (Å²) in [7, 11) is 0. The van der Waals surface area contributed by atoms with Crippen molar-refractivity contribution in [3.63, 3.8) is 0 Å². The summed E-state index contributed by atoms with van der Waals surface area (Å²) in [4.78, 5) is 55.1. The van der Waals surface area contributed by atoms with Crippen LogP contribution in [0.4, 0.5) is 24.7 Å². The van der Waals surface area contributed by atoms with E-state index in [1.807, 2.05) is 0 Å². The van der Waals surface area contributed by atoms with Crippen LogP contribution in [0.2, 0.25) is 0 Å². The number of pyridine rings is 1. The van der Waals surface area contributed by atoms with Crippen molar-refractivity contribution < 1.29 is 51.3 Å². The zero-order valence-electron chi connectivity index (χ0n) is 39.8. The van der Waals surface area contributed by atoms with Crippen LogP contribution in [-0.4, -0.2) is 54.8 Å². The molecule has 0 spiro atoms. The summed E-state index contributed by atoms with van der Waals surface area (Å²) in [5.74, 6) is -2.25. The molecule has 0 saturated heterocycles. The van der Waals surface area contributed by atoms with Gasteiger partial charge in [0.15, 0.2) is 6.10 Å². The van der Waals surface area contributed by atoms with E-state index in [-0.39, 0.29) is 62.6 Å². The van der Waals surface area contributed by atoms with Gasteiger partial charge in [-0.1, -0.05) is 174 Å². The van der Waals surface area contributed by atoms with Gasteiger partial charge >= 0.3 is 30.1 Å². The number of aromatic nitrogens is 1. The fraction of sp³-hybridized carbons (Fsp3) is 0.712. The number of nitrogens with zero attached hydrogens (tertiary/aromatic N) is 1. The van der Waals surface area contributed by atoms with Crippen molar-refractivity contribution in [3.8, 4) is 0 Å². The van der Waals surface area contributed by atoms with Crippen LogP contribution >= 0.6 is 0 Å². The Hall–Kier alpha value is -4.16. The zero-order chi connectivity index (χ0) is 47.2. The second kappa shape index (κ2) is 37.0. The van der Waals surface area contributed by atoms with Gasteiger partial charge in [0.25, 0.3) is 0 Å². The molecule has 65 heavy (non-hydrogen) atoms. The molecule has 0 bridgehead atoms. The van der Waals surface area contributed by atoms with Crippen LogP contribution in [0.15, 0.2) is 42.6 Å². The number of halogens is 3. The van der Waals surface area contributed by atoms with E-state index in [1.54, 1.807) is 0 Å². The summed E-state index contributed by atoms with van der Waals surface area (Å²) >= 11 is 0. The Morgan fingerprint density at radius 3 is 1.46 bits per heavy atom. The number of hydrogen-bond acceptors (Lipinski definition) is 10. The molecule has 1 aromatic carbocycles. The topological polar surface area (TPSA) is 130 Å². The first-order valence-electron chi connectivity index (χ1n) is 25.1. The van der Waals surface area contributed by atoms with Gasteiger partial charge in [-0.05, 0) is 49.6 Å². The molecular formula is C52H81F3N2O8. The molecule has 0 radical (unpaired) electrons. The van der Waals surface area contributed by atoms with Gasteiger partial charge in [-0.3, -0.25) is 14.4 Å². The summed E-state index contributed by atoms with van der Waals surface area (Å²) in [6.45, 7) is 3.79. The highest BCUT2D eigenvalue weighted by molar-refractivity contribution is 5.95. The number of unbranched alkanes of at least 4 members (excludes halogenated alkanes) is 24. The first-order valence-corrected chi connectivity index (χ1v) is 25.1. The van der Waals surface area contributed by atoms with Crippen molar-refractivity contribution in [3.05, 3.63) is 53.7 Å². The minimum atomic E-state index is -4.54. The van der Waals surface area contributed by atoms with Crippen molar-refractivity contribution in [2.24, 2.45) is 0 Å². The van der Waals surface area contributed by atoms with Gasteiger partial charge in [0.05, 0.1) is 12.2 Å². The van der Waals surface area contributed by atoms with E-state index in [2.05, 4.69) is 24.1 Å². The highest BCUT2D eigenvalue weighted by Gasteiger charge is 2.30. The third-order valence-electron chi connectivity index (χ3n) is 11.4. The van der Waals surface area contributed by atoms with E-state index in [0.29, 0.717) is 12.8 Å². The molecule has 1 aromatic heterocycles. The number of nitrogens with one attached hydrogen (secondary N) is 1. The van der Waals surface area contributed by atoms with Crippen molar-refractivity contribution in [1.29, 1.82) is 0 Å². The molecule has 0 aliphatic rings. The minimum Gasteiger partial charge on any atom is -0.462 e. The number of benzene rings is 1. The monoisotopic (exact) mass is 919 g/mol. The van der Waals surface area contributed by atoms with Crippen LogP contribution in [-0.2, 0) is 39.5 Å². The van der Waals surface area contributed by atoms with Gasteiger partial charge < -0.3 is 24.3 Å². The van der Waals surface area contributed by atoms with E-state index in [4.69, 9.17) is 18.9 Å². The average molecular weight is 919 g/mol. The number of carbonyl (C=O) groups is 4. The molecule has 13 heteroatoms. The second-order valence-corrected chi connectivity index (χ2v) is 17.3. The van der Waals surface area contributed by atoms with Crippen molar-refractivity contribution in [2.75, 3.05) is 25.1 Å². The van der Waals surface area contributed by atoms with Gasteiger partial charge in [0, 0.05) is 31.1 Å². The normalized spacial score (nSPS) is 11.4. The van der Waals surface area contributed by atoms with E-state index < -0.39 is 41.7 Å². The molecule has 1 N–H and O–H groups in total. The van der Waals surface area contributed by atoms with Crippen LogP contribution in [0.1, 0.15) is 222 Å². The minimum absolute atomic E-state index is 0.00575. The molecule has 0 amide bonds. The van der Waals surface area contributed by atoms with E-state index in [1.165, 1.54) is 146 Å². The van der Waals surface area contributed by atoms with E-state index in [9.17, 15) is 32.3 Å². The largest absolute Gasteiger partial charge is 0.462 e. The van der Waals surface area contributed by atoms with Crippen molar-refractivity contribution >= 4 is 35.4 Å². The molecule has 0 fully saturated rings.